The minimum atomic E-state index is -3.37. The van der Waals surface area contributed by atoms with Crippen LogP contribution in [0.4, 0.5) is 10.8 Å². The molecule has 0 atom stereocenters. The maximum Gasteiger partial charge on any atom is 0.182 e. The Balaban J connectivity index is 2.05. The third kappa shape index (κ3) is 3.42. The van der Waals surface area contributed by atoms with E-state index >= 15 is 0 Å². The van der Waals surface area contributed by atoms with Gasteiger partial charge in [0.05, 0.1) is 0 Å². The van der Waals surface area contributed by atoms with Crippen LogP contribution in [0.1, 0.15) is 5.56 Å². The smallest absolute Gasteiger partial charge is 0.182 e. The van der Waals surface area contributed by atoms with Gasteiger partial charge in [-0.15, -0.1) is 0 Å². The van der Waals surface area contributed by atoms with E-state index in [0.717, 1.165) is 29.8 Å². The molecule has 0 saturated carbocycles. The molecule has 0 aliphatic rings. The SMILES string of the molecule is CS(=O)(=O)c1c(N)nsc1NCCc1ccncc1. The van der Waals surface area contributed by atoms with Crippen molar-refractivity contribution >= 4 is 32.2 Å². The molecular weight excluding hydrogens is 284 g/mol. The fourth-order valence-corrected chi connectivity index (χ4v) is 3.73. The van der Waals surface area contributed by atoms with Crippen molar-refractivity contribution in [1.29, 1.82) is 0 Å². The average molecular weight is 298 g/mol. The third-order valence-corrected chi connectivity index (χ3v) is 4.60. The molecule has 0 spiro atoms. The van der Waals surface area contributed by atoms with Gasteiger partial charge in [0.1, 0.15) is 9.90 Å². The summed E-state index contributed by atoms with van der Waals surface area (Å²) in [6, 6.07) is 3.83. The van der Waals surface area contributed by atoms with Crippen molar-refractivity contribution in [2.45, 2.75) is 11.3 Å². The number of anilines is 2. The predicted molar refractivity (Wildman–Crippen MR) is 76.1 cm³/mol. The van der Waals surface area contributed by atoms with E-state index in [0.29, 0.717) is 11.5 Å². The number of sulfone groups is 1. The van der Waals surface area contributed by atoms with Crippen LogP contribution < -0.4 is 11.1 Å². The Morgan fingerprint density at radius 3 is 2.68 bits per heavy atom. The lowest BCUT2D eigenvalue weighted by Gasteiger charge is -2.05. The first-order valence-corrected chi connectivity index (χ1v) is 8.23. The number of aromatic nitrogens is 2. The van der Waals surface area contributed by atoms with Crippen LogP contribution in [-0.4, -0.2) is 30.6 Å². The van der Waals surface area contributed by atoms with Gasteiger partial charge in [-0.1, -0.05) is 0 Å². The maximum absolute atomic E-state index is 11.6. The van der Waals surface area contributed by atoms with Gasteiger partial charge in [-0.2, -0.15) is 4.37 Å². The van der Waals surface area contributed by atoms with Crippen LogP contribution in [-0.2, 0) is 16.3 Å². The second-order valence-corrected chi connectivity index (χ2v) is 6.76. The molecule has 0 unspecified atom stereocenters. The first kappa shape index (κ1) is 13.8. The fourth-order valence-electron chi connectivity index (χ4n) is 1.63. The summed E-state index contributed by atoms with van der Waals surface area (Å²) in [6.07, 6.45) is 5.34. The van der Waals surface area contributed by atoms with Crippen LogP contribution in [0.15, 0.2) is 29.4 Å². The zero-order valence-electron chi connectivity index (χ0n) is 10.3. The van der Waals surface area contributed by atoms with Crippen LogP contribution in [0.25, 0.3) is 0 Å². The van der Waals surface area contributed by atoms with E-state index < -0.39 is 9.84 Å². The Labute approximate surface area is 115 Å². The molecule has 0 fully saturated rings. The molecule has 0 aliphatic heterocycles. The van der Waals surface area contributed by atoms with E-state index in [9.17, 15) is 8.42 Å². The van der Waals surface area contributed by atoms with Crippen LogP contribution in [0, 0.1) is 0 Å². The number of nitrogens with two attached hydrogens (primary N) is 1. The van der Waals surface area contributed by atoms with E-state index in [-0.39, 0.29) is 10.7 Å². The third-order valence-electron chi connectivity index (χ3n) is 2.49. The van der Waals surface area contributed by atoms with Gasteiger partial charge in [0.2, 0.25) is 0 Å². The molecule has 0 saturated heterocycles. The Morgan fingerprint density at radius 1 is 1.37 bits per heavy atom. The van der Waals surface area contributed by atoms with Crippen molar-refractivity contribution in [3.8, 4) is 0 Å². The Kier molecular flexibility index (Phi) is 4.01. The molecule has 0 aromatic carbocycles. The molecule has 2 rings (SSSR count). The zero-order chi connectivity index (χ0) is 13.9. The normalized spacial score (nSPS) is 11.4. The second-order valence-electron chi connectivity index (χ2n) is 4.03. The molecule has 0 amide bonds. The highest BCUT2D eigenvalue weighted by Crippen LogP contribution is 2.31. The highest BCUT2D eigenvalue weighted by Gasteiger charge is 2.20. The lowest BCUT2D eigenvalue weighted by molar-refractivity contribution is 0.602. The standard InChI is InChI=1S/C11H14N4O2S2/c1-19(16,17)9-10(12)15-18-11(9)14-7-4-8-2-5-13-6-3-8/h2-3,5-6,14H,4,7H2,1H3,(H2,12,15). The number of hydrogen-bond acceptors (Lipinski definition) is 7. The summed E-state index contributed by atoms with van der Waals surface area (Å²) >= 11 is 1.06. The monoisotopic (exact) mass is 298 g/mol. The second kappa shape index (κ2) is 5.54. The Hall–Kier alpha value is -1.67. The highest BCUT2D eigenvalue weighted by molar-refractivity contribution is 7.91. The van der Waals surface area contributed by atoms with Gasteiger partial charge in [0.25, 0.3) is 0 Å². The van der Waals surface area contributed by atoms with Gasteiger partial charge in [-0.05, 0) is 35.6 Å². The first-order valence-electron chi connectivity index (χ1n) is 5.56. The largest absolute Gasteiger partial charge is 0.382 e. The lowest BCUT2D eigenvalue weighted by Crippen LogP contribution is -2.08. The summed E-state index contributed by atoms with van der Waals surface area (Å²) in [7, 11) is -3.37. The van der Waals surface area contributed by atoms with Gasteiger partial charge >= 0.3 is 0 Å². The van der Waals surface area contributed by atoms with Gasteiger partial charge in [-0.25, -0.2) is 8.42 Å². The quantitative estimate of drug-likeness (QED) is 0.860. The molecular formula is C11H14N4O2S2. The van der Waals surface area contributed by atoms with E-state index in [4.69, 9.17) is 5.73 Å². The van der Waals surface area contributed by atoms with E-state index in [1.807, 2.05) is 12.1 Å². The molecule has 19 heavy (non-hydrogen) atoms. The van der Waals surface area contributed by atoms with Crippen molar-refractivity contribution in [2.75, 3.05) is 23.9 Å². The molecule has 102 valence electrons. The molecule has 8 heteroatoms. The Morgan fingerprint density at radius 2 is 2.05 bits per heavy atom. The minimum absolute atomic E-state index is 0.0545. The van der Waals surface area contributed by atoms with Crippen molar-refractivity contribution in [1.82, 2.24) is 9.36 Å². The van der Waals surface area contributed by atoms with Crippen molar-refractivity contribution < 1.29 is 8.42 Å². The summed E-state index contributed by atoms with van der Waals surface area (Å²) in [4.78, 5) is 4.03. The van der Waals surface area contributed by atoms with Crippen LogP contribution in [0.3, 0.4) is 0 Å². The number of nitrogens with zero attached hydrogens (tertiary/aromatic N) is 2. The molecule has 2 aromatic heterocycles. The predicted octanol–water partition coefficient (Wildman–Crippen LogP) is 1.18. The van der Waals surface area contributed by atoms with Crippen LogP contribution in [0.2, 0.25) is 0 Å². The number of nitrogen functional groups attached to an aromatic ring is 1. The van der Waals surface area contributed by atoms with Gasteiger partial charge in [-0.3, -0.25) is 4.98 Å². The summed E-state index contributed by atoms with van der Waals surface area (Å²) in [5, 5.41) is 3.56. The minimum Gasteiger partial charge on any atom is -0.382 e. The average Bonchev–Trinajstić information content (AvgIpc) is 2.72. The van der Waals surface area contributed by atoms with E-state index in [1.165, 1.54) is 0 Å². The summed E-state index contributed by atoms with van der Waals surface area (Å²) in [6.45, 7) is 0.605. The van der Waals surface area contributed by atoms with Crippen molar-refractivity contribution in [3.63, 3.8) is 0 Å². The summed E-state index contributed by atoms with van der Waals surface area (Å²) < 4.78 is 27.1. The van der Waals surface area contributed by atoms with Gasteiger partial charge in [0, 0.05) is 25.2 Å². The lowest BCUT2D eigenvalue weighted by atomic mass is 10.2. The summed E-state index contributed by atoms with van der Waals surface area (Å²) in [5.41, 5.74) is 6.71. The van der Waals surface area contributed by atoms with E-state index in [2.05, 4.69) is 14.7 Å². The first-order chi connectivity index (χ1) is 8.98. The van der Waals surface area contributed by atoms with E-state index in [1.54, 1.807) is 12.4 Å². The zero-order valence-corrected chi connectivity index (χ0v) is 12.0. The van der Waals surface area contributed by atoms with Crippen LogP contribution in [0.5, 0.6) is 0 Å². The molecule has 0 radical (unpaired) electrons. The fraction of sp³-hybridized carbons (Fsp3) is 0.273. The number of nitrogens with one attached hydrogen (secondary N) is 1. The number of pyridine rings is 1. The molecule has 3 N–H and O–H groups in total. The topological polar surface area (TPSA) is 98.0 Å². The van der Waals surface area contributed by atoms with Gasteiger partial charge < -0.3 is 11.1 Å². The Bertz CT molecular complexity index is 653. The highest BCUT2D eigenvalue weighted by atomic mass is 32.2. The van der Waals surface area contributed by atoms with Crippen molar-refractivity contribution in [3.05, 3.63) is 30.1 Å². The summed E-state index contributed by atoms with van der Waals surface area (Å²) in [5.74, 6) is 0.0545. The molecule has 0 bridgehead atoms. The molecule has 6 nitrogen and oxygen atoms in total. The molecule has 2 heterocycles. The number of hydrogen-bond donors (Lipinski definition) is 2. The number of rotatable bonds is 5. The maximum atomic E-state index is 11.6. The van der Waals surface area contributed by atoms with Crippen LogP contribution >= 0.6 is 11.5 Å². The van der Waals surface area contributed by atoms with Gasteiger partial charge in [0.15, 0.2) is 15.7 Å². The molecule has 2 aromatic rings. The molecule has 0 aliphatic carbocycles. The van der Waals surface area contributed by atoms with Crippen molar-refractivity contribution in [2.24, 2.45) is 0 Å².